The smallest absolute Gasteiger partial charge is 0.270 e. The van der Waals surface area contributed by atoms with E-state index < -0.39 is 6.10 Å². The van der Waals surface area contributed by atoms with Gasteiger partial charge in [0, 0.05) is 0 Å². The zero-order valence-corrected chi connectivity index (χ0v) is 11.0. The number of carbonyl (C=O) groups excluding carboxylic acids is 1. The number of anilines is 1. The third-order valence-electron chi connectivity index (χ3n) is 2.68. The van der Waals surface area contributed by atoms with E-state index in [0.717, 1.165) is 0 Å². The molecule has 0 radical (unpaired) electrons. The van der Waals surface area contributed by atoms with E-state index in [2.05, 4.69) is 15.5 Å². The van der Waals surface area contributed by atoms with Gasteiger partial charge >= 0.3 is 0 Å². The van der Waals surface area contributed by atoms with Crippen molar-refractivity contribution in [2.45, 2.75) is 6.10 Å². The summed E-state index contributed by atoms with van der Waals surface area (Å²) in [5.41, 5.74) is 0. The first-order valence-corrected chi connectivity index (χ1v) is 6.29. The molecule has 1 aliphatic rings. The summed E-state index contributed by atoms with van der Waals surface area (Å²) >= 11 is 5.62. The average Bonchev–Trinajstić information content (AvgIpc) is 2.49. The predicted molar refractivity (Wildman–Crippen MR) is 72.0 cm³/mol. The second-order valence-electron chi connectivity index (χ2n) is 4.09. The van der Waals surface area contributed by atoms with Crippen LogP contribution in [0.15, 0.2) is 36.4 Å². The molecule has 1 N–H and O–H groups in total. The SMILES string of the molecule is O=C(Nc1ccc(Cl)nn1)C1COc2ccccc2O1. The van der Waals surface area contributed by atoms with Gasteiger partial charge in [0.1, 0.15) is 6.61 Å². The topological polar surface area (TPSA) is 73.3 Å². The highest BCUT2D eigenvalue weighted by molar-refractivity contribution is 6.29. The summed E-state index contributed by atoms with van der Waals surface area (Å²) < 4.78 is 11.0. The van der Waals surface area contributed by atoms with Crippen molar-refractivity contribution in [3.8, 4) is 11.5 Å². The number of hydrogen-bond acceptors (Lipinski definition) is 5. The Morgan fingerprint density at radius 3 is 2.75 bits per heavy atom. The maximum Gasteiger partial charge on any atom is 0.270 e. The molecule has 6 nitrogen and oxygen atoms in total. The maximum absolute atomic E-state index is 12.0. The van der Waals surface area contributed by atoms with E-state index in [4.69, 9.17) is 21.1 Å². The van der Waals surface area contributed by atoms with Crippen LogP contribution in [0.1, 0.15) is 0 Å². The van der Waals surface area contributed by atoms with E-state index in [-0.39, 0.29) is 17.7 Å². The Hall–Kier alpha value is -2.34. The van der Waals surface area contributed by atoms with Crippen molar-refractivity contribution in [1.82, 2.24) is 10.2 Å². The number of aromatic nitrogens is 2. The third kappa shape index (κ3) is 2.65. The van der Waals surface area contributed by atoms with Gasteiger partial charge in [-0.1, -0.05) is 23.7 Å². The molecule has 2 aromatic rings. The Labute approximate surface area is 119 Å². The van der Waals surface area contributed by atoms with E-state index in [1.54, 1.807) is 18.2 Å². The first kappa shape index (κ1) is 12.7. The summed E-state index contributed by atoms with van der Waals surface area (Å²) in [7, 11) is 0. The van der Waals surface area contributed by atoms with Gasteiger partial charge in [-0.05, 0) is 24.3 Å². The van der Waals surface area contributed by atoms with Crippen LogP contribution in [0.25, 0.3) is 0 Å². The number of nitrogens with zero attached hydrogens (tertiary/aromatic N) is 2. The zero-order chi connectivity index (χ0) is 13.9. The average molecular weight is 292 g/mol. The van der Waals surface area contributed by atoms with Crippen LogP contribution in [-0.4, -0.2) is 28.8 Å². The fourth-order valence-electron chi connectivity index (χ4n) is 1.74. The number of ether oxygens (including phenoxy) is 2. The molecule has 1 aromatic carbocycles. The van der Waals surface area contributed by atoms with Crippen LogP contribution in [0, 0.1) is 0 Å². The van der Waals surface area contributed by atoms with Crippen LogP contribution in [0.5, 0.6) is 11.5 Å². The number of halogens is 1. The first-order valence-electron chi connectivity index (χ1n) is 5.91. The largest absolute Gasteiger partial charge is 0.485 e. The van der Waals surface area contributed by atoms with E-state index >= 15 is 0 Å². The van der Waals surface area contributed by atoms with Crippen LogP contribution >= 0.6 is 11.6 Å². The lowest BCUT2D eigenvalue weighted by molar-refractivity contribution is -0.125. The molecule has 7 heteroatoms. The number of benzene rings is 1. The van der Waals surface area contributed by atoms with Gasteiger partial charge in [-0.25, -0.2) is 0 Å². The number of hydrogen-bond donors (Lipinski definition) is 1. The van der Waals surface area contributed by atoms with E-state index in [1.807, 2.05) is 12.1 Å². The Morgan fingerprint density at radius 1 is 1.20 bits per heavy atom. The molecule has 0 saturated carbocycles. The number of nitrogens with one attached hydrogen (secondary N) is 1. The van der Waals surface area contributed by atoms with Crippen LogP contribution in [0.3, 0.4) is 0 Å². The quantitative estimate of drug-likeness (QED) is 0.915. The van der Waals surface area contributed by atoms with Crippen molar-refractivity contribution >= 4 is 23.3 Å². The number of amides is 1. The van der Waals surface area contributed by atoms with Crippen molar-refractivity contribution < 1.29 is 14.3 Å². The van der Waals surface area contributed by atoms with Gasteiger partial charge in [0.05, 0.1) is 0 Å². The molecule has 102 valence electrons. The molecular weight excluding hydrogens is 282 g/mol. The standard InChI is InChI=1S/C13H10ClN3O3/c14-11-5-6-12(17-16-11)15-13(18)10-7-19-8-3-1-2-4-9(8)20-10/h1-6,10H,7H2,(H,15,17,18). The molecule has 1 amide bonds. The molecule has 2 heterocycles. The molecule has 1 atom stereocenters. The number of para-hydroxylation sites is 2. The molecule has 3 rings (SSSR count). The van der Waals surface area contributed by atoms with Crippen molar-refractivity contribution in [3.63, 3.8) is 0 Å². The lowest BCUT2D eigenvalue weighted by Crippen LogP contribution is -2.40. The highest BCUT2D eigenvalue weighted by Gasteiger charge is 2.27. The summed E-state index contributed by atoms with van der Waals surface area (Å²) in [6, 6.07) is 10.3. The fraction of sp³-hybridized carbons (Fsp3) is 0.154. The maximum atomic E-state index is 12.0. The lowest BCUT2D eigenvalue weighted by Gasteiger charge is -2.25. The van der Waals surface area contributed by atoms with Gasteiger partial charge in [0.15, 0.2) is 22.5 Å². The summed E-state index contributed by atoms with van der Waals surface area (Å²) in [5.74, 6) is 1.13. The van der Waals surface area contributed by atoms with Gasteiger partial charge in [-0.15, -0.1) is 10.2 Å². The summed E-state index contributed by atoms with van der Waals surface area (Å²) in [4.78, 5) is 12.0. The van der Waals surface area contributed by atoms with Gasteiger partial charge in [0.25, 0.3) is 5.91 Å². The monoisotopic (exact) mass is 291 g/mol. The van der Waals surface area contributed by atoms with Crippen LogP contribution in [0.2, 0.25) is 5.15 Å². The van der Waals surface area contributed by atoms with Crippen molar-refractivity contribution in [2.24, 2.45) is 0 Å². The molecule has 1 unspecified atom stereocenters. The minimum atomic E-state index is -0.734. The molecule has 0 fully saturated rings. The number of carbonyl (C=O) groups is 1. The Kier molecular flexibility index (Phi) is 3.39. The summed E-state index contributed by atoms with van der Waals surface area (Å²) in [6.45, 7) is 0.143. The fourth-order valence-corrected chi connectivity index (χ4v) is 1.84. The second kappa shape index (κ2) is 5.34. The molecule has 0 saturated heterocycles. The van der Waals surface area contributed by atoms with Crippen LogP contribution in [0.4, 0.5) is 5.82 Å². The van der Waals surface area contributed by atoms with E-state index in [0.29, 0.717) is 17.3 Å². The first-order chi connectivity index (χ1) is 9.72. The summed E-state index contributed by atoms with van der Waals surface area (Å²) in [5, 5.41) is 10.2. The van der Waals surface area contributed by atoms with Crippen molar-refractivity contribution in [2.75, 3.05) is 11.9 Å². The zero-order valence-electron chi connectivity index (χ0n) is 10.2. The lowest BCUT2D eigenvalue weighted by atomic mass is 10.2. The molecule has 1 aliphatic heterocycles. The van der Waals surface area contributed by atoms with Crippen molar-refractivity contribution in [1.29, 1.82) is 0 Å². The van der Waals surface area contributed by atoms with Gasteiger partial charge < -0.3 is 14.8 Å². The van der Waals surface area contributed by atoms with Gasteiger partial charge in [0.2, 0.25) is 6.10 Å². The third-order valence-corrected chi connectivity index (χ3v) is 2.89. The predicted octanol–water partition coefficient (Wildman–Crippen LogP) is 1.91. The van der Waals surface area contributed by atoms with Gasteiger partial charge in [-0.2, -0.15) is 0 Å². The molecule has 0 aliphatic carbocycles. The van der Waals surface area contributed by atoms with Crippen LogP contribution < -0.4 is 14.8 Å². The van der Waals surface area contributed by atoms with E-state index in [1.165, 1.54) is 6.07 Å². The van der Waals surface area contributed by atoms with Gasteiger partial charge in [-0.3, -0.25) is 4.79 Å². The highest BCUT2D eigenvalue weighted by Crippen LogP contribution is 2.31. The molecule has 1 aromatic heterocycles. The Morgan fingerprint density at radius 2 is 2.00 bits per heavy atom. The molecule has 0 spiro atoms. The highest BCUT2D eigenvalue weighted by atomic mass is 35.5. The van der Waals surface area contributed by atoms with E-state index in [9.17, 15) is 4.79 Å². The summed E-state index contributed by atoms with van der Waals surface area (Å²) in [6.07, 6.45) is -0.734. The Bertz CT molecular complexity index is 633. The van der Waals surface area contributed by atoms with Crippen molar-refractivity contribution in [3.05, 3.63) is 41.6 Å². The van der Waals surface area contributed by atoms with Crippen LogP contribution in [-0.2, 0) is 4.79 Å². The molecule has 20 heavy (non-hydrogen) atoms. The number of fused-ring (bicyclic) bond motifs is 1. The normalized spacial score (nSPS) is 16.6. The second-order valence-corrected chi connectivity index (χ2v) is 4.48. The minimum absolute atomic E-state index is 0.143. The molecule has 0 bridgehead atoms. The Balaban J connectivity index is 1.68. The minimum Gasteiger partial charge on any atom is -0.485 e. The molecular formula is C13H10ClN3O3. The number of rotatable bonds is 2.